The van der Waals surface area contributed by atoms with Gasteiger partial charge in [0.25, 0.3) is 0 Å². The highest BCUT2D eigenvalue weighted by molar-refractivity contribution is 5.80. The molecular formula is C13H20O3. The predicted molar refractivity (Wildman–Crippen MR) is 66.3 cm³/mol. The minimum atomic E-state index is -0.394. The number of carbonyl (C=O) groups excluding carboxylic acids is 1. The van der Waals surface area contributed by atoms with Crippen molar-refractivity contribution in [3.05, 3.63) is 48.0 Å². The highest BCUT2D eigenvalue weighted by atomic mass is 16.5. The molecule has 0 bridgehead atoms. The standard InChI is InChI=1S/C8H10.C4H6O2.CH4O/c1-7-4-3-5-8(2)6-7;1-3-4(5)6-2;1-2/h3-6H,1-2H3;3H,1H2,2H3;2H,1H3. The molecule has 0 aliphatic carbocycles. The van der Waals surface area contributed by atoms with Crippen LogP contribution in [0.25, 0.3) is 0 Å². The van der Waals surface area contributed by atoms with Crippen molar-refractivity contribution in [1.29, 1.82) is 0 Å². The number of benzene rings is 1. The van der Waals surface area contributed by atoms with Crippen molar-refractivity contribution in [2.24, 2.45) is 0 Å². The molecule has 3 nitrogen and oxygen atoms in total. The van der Waals surface area contributed by atoms with Gasteiger partial charge in [-0.25, -0.2) is 4.79 Å². The Labute approximate surface area is 97.4 Å². The quantitative estimate of drug-likeness (QED) is 0.588. The van der Waals surface area contributed by atoms with Crippen LogP contribution in [0, 0.1) is 13.8 Å². The van der Waals surface area contributed by atoms with E-state index >= 15 is 0 Å². The van der Waals surface area contributed by atoms with Crippen LogP contribution in [0.2, 0.25) is 0 Å². The van der Waals surface area contributed by atoms with E-state index in [1.807, 2.05) is 0 Å². The van der Waals surface area contributed by atoms with Gasteiger partial charge in [-0.05, 0) is 13.8 Å². The Hall–Kier alpha value is -1.61. The van der Waals surface area contributed by atoms with E-state index in [1.165, 1.54) is 18.2 Å². The van der Waals surface area contributed by atoms with Crippen LogP contribution >= 0.6 is 0 Å². The second-order valence-corrected chi connectivity index (χ2v) is 2.89. The van der Waals surface area contributed by atoms with E-state index < -0.39 is 5.97 Å². The molecule has 0 fully saturated rings. The first kappa shape index (κ1) is 16.8. The normalized spacial score (nSPS) is 7.56. The molecule has 90 valence electrons. The fraction of sp³-hybridized carbons (Fsp3) is 0.308. The largest absolute Gasteiger partial charge is 0.466 e. The molecule has 1 aromatic carbocycles. The Balaban J connectivity index is 0. The number of ether oxygens (including phenoxy) is 1. The van der Waals surface area contributed by atoms with Gasteiger partial charge in [-0.2, -0.15) is 0 Å². The Morgan fingerprint density at radius 3 is 1.88 bits per heavy atom. The highest BCUT2D eigenvalue weighted by Crippen LogP contribution is 2.00. The topological polar surface area (TPSA) is 46.5 Å². The first-order valence-electron chi connectivity index (χ1n) is 4.78. The summed E-state index contributed by atoms with van der Waals surface area (Å²) in [6, 6.07) is 8.45. The second kappa shape index (κ2) is 11.5. The van der Waals surface area contributed by atoms with Crippen LogP contribution in [0.5, 0.6) is 0 Å². The van der Waals surface area contributed by atoms with Crippen molar-refractivity contribution in [2.45, 2.75) is 13.8 Å². The fourth-order valence-corrected chi connectivity index (χ4v) is 0.890. The predicted octanol–water partition coefficient (Wildman–Crippen LogP) is 2.26. The van der Waals surface area contributed by atoms with E-state index in [-0.39, 0.29) is 0 Å². The molecule has 0 aliphatic rings. The fourth-order valence-electron chi connectivity index (χ4n) is 0.890. The summed E-state index contributed by atoms with van der Waals surface area (Å²) < 4.78 is 4.14. The van der Waals surface area contributed by atoms with E-state index in [4.69, 9.17) is 5.11 Å². The number of carbonyl (C=O) groups is 1. The molecule has 0 saturated heterocycles. The molecule has 1 N–H and O–H groups in total. The Morgan fingerprint density at radius 1 is 1.31 bits per heavy atom. The molecule has 0 heterocycles. The lowest BCUT2D eigenvalue weighted by Crippen LogP contribution is -1.91. The number of hydrogen-bond acceptors (Lipinski definition) is 3. The van der Waals surface area contributed by atoms with E-state index in [0.717, 1.165) is 13.2 Å². The molecule has 0 radical (unpaired) electrons. The van der Waals surface area contributed by atoms with Crippen molar-refractivity contribution < 1.29 is 14.6 Å². The van der Waals surface area contributed by atoms with Gasteiger partial charge >= 0.3 is 5.97 Å². The van der Waals surface area contributed by atoms with Crippen molar-refractivity contribution in [1.82, 2.24) is 0 Å². The average Bonchev–Trinajstić information content (AvgIpc) is 2.31. The number of esters is 1. The summed E-state index contributed by atoms with van der Waals surface area (Å²) in [6.45, 7) is 7.37. The third kappa shape index (κ3) is 10.5. The van der Waals surface area contributed by atoms with Crippen molar-refractivity contribution in [2.75, 3.05) is 14.2 Å². The van der Waals surface area contributed by atoms with Gasteiger partial charge in [-0.15, -0.1) is 0 Å². The number of aryl methyl sites for hydroxylation is 2. The third-order valence-corrected chi connectivity index (χ3v) is 1.54. The van der Waals surface area contributed by atoms with Gasteiger partial charge < -0.3 is 9.84 Å². The summed E-state index contributed by atoms with van der Waals surface area (Å²) in [5, 5.41) is 7.00. The van der Waals surface area contributed by atoms with Crippen LogP contribution in [-0.2, 0) is 9.53 Å². The van der Waals surface area contributed by atoms with E-state index in [2.05, 4.69) is 49.4 Å². The van der Waals surface area contributed by atoms with E-state index in [9.17, 15) is 4.79 Å². The number of methoxy groups -OCH3 is 1. The molecule has 16 heavy (non-hydrogen) atoms. The van der Waals surface area contributed by atoms with Crippen LogP contribution in [0.15, 0.2) is 36.9 Å². The average molecular weight is 224 g/mol. The van der Waals surface area contributed by atoms with Crippen molar-refractivity contribution in [3.8, 4) is 0 Å². The van der Waals surface area contributed by atoms with Gasteiger partial charge in [0.05, 0.1) is 7.11 Å². The van der Waals surface area contributed by atoms with Gasteiger partial charge in [0.1, 0.15) is 0 Å². The minimum absolute atomic E-state index is 0.394. The van der Waals surface area contributed by atoms with Gasteiger partial charge in [-0.1, -0.05) is 42.0 Å². The zero-order valence-electron chi connectivity index (χ0n) is 10.4. The minimum Gasteiger partial charge on any atom is -0.466 e. The summed E-state index contributed by atoms with van der Waals surface area (Å²) in [7, 11) is 2.31. The lowest BCUT2D eigenvalue weighted by Gasteiger charge is -1.90. The molecule has 0 aromatic heterocycles. The van der Waals surface area contributed by atoms with Crippen LogP contribution in [0.4, 0.5) is 0 Å². The molecule has 1 rings (SSSR count). The monoisotopic (exact) mass is 224 g/mol. The summed E-state index contributed by atoms with van der Waals surface area (Å²) in [4.78, 5) is 9.84. The summed E-state index contributed by atoms with van der Waals surface area (Å²) in [5.74, 6) is -0.394. The highest BCUT2D eigenvalue weighted by Gasteiger charge is 1.82. The van der Waals surface area contributed by atoms with Crippen LogP contribution in [-0.4, -0.2) is 25.3 Å². The summed E-state index contributed by atoms with van der Waals surface area (Å²) in [5.41, 5.74) is 2.68. The Kier molecular flexibility index (Phi) is 12.0. The molecular weight excluding hydrogens is 204 g/mol. The molecule has 0 unspecified atom stereocenters. The SMILES string of the molecule is C=CC(=O)OC.CO.Cc1cccc(C)c1. The first-order chi connectivity index (χ1) is 7.60. The van der Waals surface area contributed by atoms with Gasteiger partial charge in [-0.3, -0.25) is 0 Å². The molecule has 0 spiro atoms. The maximum Gasteiger partial charge on any atom is 0.329 e. The Bertz CT molecular complexity index is 289. The molecule has 0 aliphatic heterocycles. The zero-order chi connectivity index (χ0) is 13.0. The summed E-state index contributed by atoms with van der Waals surface area (Å²) >= 11 is 0. The van der Waals surface area contributed by atoms with Gasteiger partial charge in [0.2, 0.25) is 0 Å². The van der Waals surface area contributed by atoms with Crippen molar-refractivity contribution >= 4 is 5.97 Å². The van der Waals surface area contributed by atoms with E-state index in [1.54, 1.807) is 0 Å². The van der Waals surface area contributed by atoms with Crippen LogP contribution in [0.3, 0.4) is 0 Å². The maximum atomic E-state index is 9.84. The number of rotatable bonds is 1. The van der Waals surface area contributed by atoms with Gasteiger partial charge in [0.15, 0.2) is 0 Å². The van der Waals surface area contributed by atoms with Gasteiger partial charge in [0, 0.05) is 13.2 Å². The van der Waals surface area contributed by atoms with Crippen molar-refractivity contribution in [3.63, 3.8) is 0 Å². The lowest BCUT2D eigenvalue weighted by molar-refractivity contribution is -0.134. The van der Waals surface area contributed by atoms with Crippen LogP contribution < -0.4 is 0 Å². The summed E-state index contributed by atoms with van der Waals surface area (Å²) in [6.07, 6.45) is 1.11. The maximum absolute atomic E-state index is 9.84. The number of hydrogen-bond donors (Lipinski definition) is 1. The first-order valence-corrected chi connectivity index (χ1v) is 4.78. The Morgan fingerprint density at radius 2 is 1.75 bits per heavy atom. The van der Waals surface area contributed by atoms with E-state index in [0.29, 0.717) is 0 Å². The third-order valence-electron chi connectivity index (χ3n) is 1.54. The lowest BCUT2D eigenvalue weighted by atomic mass is 10.2. The number of aliphatic hydroxyl groups excluding tert-OH is 1. The second-order valence-electron chi connectivity index (χ2n) is 2.89. The molecule has 3 heteroatoms. The molecule has 0 saturated carbocycles. The zero-order valence-corrected chi connectivity index (χ0v) is 10.4. The smallest absolute Gasteiger partial charge is 0.329 e. The van der Waals surface area contributed by atoms with Crippen LogP contribution in [0.1, 0.15) is 11.1 Å². The molecule has 0 amide bonds. The number of aliphatic hydroxyl groups is 1. The molecule has 1 aromatic rings. The molecule has 0 atom stereocenters.